The Morgan fingerprint density at radius 3 is 2.33 bits per heavy atom. The highest BCUT2D eigenvalue weighted by atomic mass is 16.6. The first-order chi connectivity index (χ1) is 17.5. The van der Waals surface area contributed by atoms with Crippen LogP contribution < -0.4 is 10.1 Å². The number of hydrogen-bond donors (Lipinski definition) is 1. The average Bonchev–Trinajstić information content (AvgIpc) is 3.32. The van der Waals surface area contributed by atoms with Gasteiger partial charge in [0.2, 0.25) is 11.9 Å². The predicted molar refractivity (Wildman–Crippen MR) is 131 cm³/mol. The highest BCUT2D eigenvalue weighted by molar-refractivity contribution is 6.02. The molecule has 0 saturated heterocycles. The van der Waals surface area contributed by atoms with Crippen LogP contribution in [0.15, 0.2) is 67.0 Å². The van der Waals surface area contributed by atoms with Gasteiger partial charge in [-0.2, -0.15) is 10.4 Å². The van der Waals surface area contributed by atoms with Crippen LogP contribution in [0, 0.1) is 11.3 Å². The maximum absolute atomic E-state index is 12.1. The summed E-state index contributed by atoms with van der Waals surface area (Å²) < 4.78 is 17.6. The summed E-state index contributed by atoms with van der Waals surface area (Å²) in [6.07, 6.45) is 3.17. The standard InChI is InChI=1S/C26H23N5O5/c1-3-34-25(32)24(26(33)35-4-2)30-19-7-12-23(28-16-19)36-21-10-11-22-18(13-21)15-29-31(22)20-8-5-17(14-27)6-9-20/h5-13,15-16,24,30H,3-4H2,1-2H3. The van der Waals surface area contributed by atoms with E-state index in [0.29, 0.717) is 22.9 Å². The Kier molecular flexibility index (Phi) is 7.41. The number of anilines is 1. The van der Waals surface area contributed by atoms with E-state index >= 15 is 0 Å². The van der Waals surface area contributed by atoms with Gasteiger partial charge in [0.25, 0.3) is 0 Å². The molecule has 182 valence electrons. The number of nitriles is 1. The van der Waals surface area contributed by atoms with Gasteiger partial charge in [-0.15, -0.1) is 0 Å². The van der Waals surface area contributed by atoms with Crippen molar-refractivity contribution in [2.24, 2.45) is 0 Å². The van der Waals surface area contributed by atoms with Crippen molar-refractivity contribution in [2.45, 2.75) is 19.9 Å². The molecule has 0 unspecified atom stereocenters. The zero-order valence-electron chi connectivity index (χ0n) is 19.7. The Morgan fingerprint density at radius 2 is 1.72 bits per heavy atom. The summed E-state index contributed by atoms with van der Waals surface area (Å²) in [4.78, 5) is 28.6. The summed E-state index contributed by atoms with van der Waals surface area (Å²) in [5.74, 6) is -0.577. The molecule has 36 heavy (non-hydrogen) atoms. The van der Waals surface area contributed by atoms with Crippen molar-refractivity contribution in [3.05, 3.63) is 72.6 Å². The third-order valence-corrected chi connectivity index (χ3v) is 5.09. The summed E-state index contributed by atoms with van der Waals surface area (Å²) in [5, 5.41) is 17.1. The molecule has 0 fully saturated rings. The van der Waals surface area contributed by atoms with Gasteiger partial charge >= 0.3 is 11.9 Å². The topological polar surface area (TPSA) is 128 Å². The molecule has 10 heteroatoms. The third-order valence-electron chi connectivity index (χ3n) is 5.09. The lowest BCUT2D eigenvalue weighted by molar-refractivity contribution is -0.155. The van der Waals surface area contributed by atoms with Gasteiger partial charge < -0.3 is 19.5 Å². The molecule has 10 nitrogen and oxygen atoms in total. The van der Waals surface area contributed by atoms with Crippen LogP contribution in [0.3, 0.4) is 0 Å². The summed E-state index contributed by atoms with van der Waals surface area (Å²) in [7, 11) is 0. The van der Waals surface area contributed by atoms with Crippen LogP contribution in [0.1, 0.15) is 19.4 Å². The van der Waals surface area contributed by atoms with Crippen LogP contribution >= 0.6 is 0 Å². The van der Waals surface area contributed by atoms with E-state index in [1.165, 1.54) is 6.20 Å². The Morgan fingerprint density at radius 1 is 1.00 bits per heavy atom. The first-order valence-corrected chi connectivity index (χ1v) is 11.2. The fourth-order valence-corrected chi connectivity index (χ4v) is 3.44. The van der Waals surface area contributed by atoms with Crippen molar-refractivity contribution in [3.8, 4) is 23.4 Å². The maximum atomic E-state index is 12.1. The molecule has 1 N–H and O–H groups in total. The zero-order valence-corrected chi connectivity index (χ0v) is 19.7. The van der Waals surface area contributed by atoms with Gasteiger partial charge in [0.15, 0.2) is 0 Å². The first-order valence-electron chi connectivity index (χ1n) is 11.2. The van der Waals surface area contributed by atoms with E-state index in [0.717, 1.165) is 16.6 Å². The number of fused-ring (bicyclic) bond motifs is 1. The molecule has 2 heterocycles. The van der Waals surface area contributed by atoms with Crippen molar-refractivity contribution in [2.75, 3.05) is 18.5 Å². The van der Waals surface area contributed by atoms with E-state index in [4.69, 9.17) is 19.5 Å². The number of carbonyl (C=O) groups is 2. The van der Waals surface area contributed by atoms with Crippen LogP contribution in [-0.4, -0.2) is 46.0 Å². The molecule has 2 aromatic heterocycles. The van der Waals surface area contributed by atoms with Gasteiger partial charge in [-0.05, 0) is 62.4 Å². The number of pyridine rings is 1. The van der Waals surface area contributed by atoms with E-state index in [9.17, 15) is 9.59 Å². The largest absolute Gasteiger partial charge is 0.464 e. The normalized spacial score (nSPS) is 10.6. The highest BCUT2D eigenvalue weighted by Crippen LogP contribution is 2.27. The smallest absolute Gasteiger partial charge is 0.340 e. The minimum absolute atomic E-state index is 0.137. The van der Waals surface area contributed by atoms with E-state index in [2.05, 4.69) is 21.5 Å². The van der Waals surface area contributed by atoms with Crippen molar-refractivity contribution < 1.29 is 23.8 Å². The van der Waals surface area contributed by atoms with Crippen LogP contribution in [0.5, 0.6) is 11.6 Å². The predicted octanol–water partition coefficient (Wildman–Crippen LogP) is 3.99. The van der Waals surface area contributed by atoms with Crippen LogP contribution in [0.25, 0.3) is 16.6 Å². The lowest BCUT2D eigenvalue weighted by Crippen LogP contribution is -2.40. The monoisotopic (exact) mass is 485 g/mol. The number of ether oxygens (including phenoxy) is 3. The van der Waals surface area contributed by atoms with E-state index in [1.807, 2.05) is 24.3 Å². The fraction of sp³-hybridized carbons (Fsp3) is 0.192. The molecule has 0 radical (unpaired) electrons. The lowest BCUT2D eigenvalue weighted by Gasteiger charge is -2.16. The first kappa shape index (κ1) is 24.2. The maximum Gasteiger partial charge on any atom is 0.340 e. The molecule has 0 saturated carbocycles. The van der Waals surface area contributed by atoms with Crippen molar-refractivity contribution in [1.29, 1.82) is 5.26 Å². The lowest BCUT2D eigenvalue weighted by atomic mass is 10.2. The second-order valence-electron chi connectivity index (χ2n) is 7.50. The van der Waals surface area contributed by atoms with Gasteiger partial charge in [-0.3, -0.25) is 0 Å². The summed E-state index contributed by atoms with van der Waals surface area (Å²) in [6.45, 7) is 3.59. The summed E-state index contributed by atoms with van der Waals surface area (Å²) >= 11 is 0. The Hall–Kier alpha value is -4.91. The molecule has 0 aliphatic rings. The number of esters is 2. The number of carbonyl (C=O) groups excluding carboxylic acids is 2. The van der Waals surface area contributed by atoms with Crippen molar-refractivity contribution in [3.63, 3.8) is 0 Å². The Bertz CT molecular complexity index is 1390. The second kappa shape index (κ2) is 11.0. The van der Waals surface area contributed by atoms with Gasteiger partial charge in [0.05, 0.1) is 54.1 Å². The average molecular weight is 486 g/mol. The Balaban J connectivity index is 1.47. The molecule has 2 aromatic carbocycles. The molecular weight excluding hydrogens is 462 g/mol. The van der Waals surface area contributed by atoms with E-state index in [-0.39, 0.29) is 13.2 Å². The quantitative estimate of drug-likeness (QED) is 0.276. The van der Waals surface area contributed by atoms with E-state index < -0.39 is 18.0 Å². The van der Waals surface area contributed by atoms with Gasteiger partial charge in [0.1, 0.15) is 5.75 Å². The third kappa shape index (κ3) is 5.42. The molecule has 0 atom stereocenters. The minimum atomic E-state index is -1.30. The number of nitrogens with one attached hydrogen (secondary N) is 1. The minimum Gasteiger partial charge on any atom is -0.464 e. The van der Waals surface area contributed by atoms with Crippen LogP contribution in [0.2, 0.25) is 0 Å². The number of nitrogens with zero attached hydrogens (tertiary/aromatic N) is 4. The number of benzene rings is 2. The molecule has 0 aliphatic carbocycles. The molecule has 0 amide bonds. The fourth-order valence-electron chi connectivity index (χ4n) is 3.44. The number of hydrogen-bond acceptors (Lipinski definition) is 9. The zero-order chi connectivity index (χ0) is 25.5. The van der Waals surface area contributed by atoms with E-state index in [1.54, 1.807) is 55.1 Å². The van der Waals surface area contributed by atoms with Crippen LogP contribution in [-0.2, 0) is 19.1 Å². The SMILES string of the molecule is CCOC(=O)C(Nc1ccc(Oc2ccc3c(cnn3-c3ccc(C#N)cc3)c2)nc1)C(=O)OCC. The number of aromatic nitrogens is 3. The molecule has 0 bridgehead atoms. The van der Waals surface area contributed by atoms with Crippen molar-refractivity contribution >= 4 is 28.5 Å². The molecule has 4 aromatic rings. The van der Waals surface area contributed by atoms with Gasteiger partial charge in [-0.1, -0.05) is 0 Å². The highest BCUT2D eigenvalue weighted by Gasteiger charge is 2.29. The van der Waals surface area contributed by atoms with Crippen LogP contribution in [0.4, 0.5) is 5.69 Å². The Labute approximate surface area is 207 Å². The number of rotatable bonds is 9. The van der Waals surface area contributed by atoms with Crippen molar-refractivity contribution in [1.82, 2.24) is 14.8 Å². The van der Waals surface area contributed by atoms with Gasteiger partial charge in [-0.25, -0.2) is 19.3 Å². The summed E-state index contributed by atoms with van der Waals surface area (Å²) in [5.41, 5.74) is 2.72. The second-order valence-corrected chi connectivity index (χ2v) is 7.50. The molecule has 0 spiro atoms. The van der Waals surface area contributed by atoms with Gasteiger partial charge in [0, 0.05) is 11.5 Å². The molecule has 4 rings (SSSR count). The summed E-state index contributed by atoms with van der Waals surface area (Å²) in [6, 6.07) is 16.7. The molecular formula is C26H23N5O5. The molecule has 0 aliphatic heterocycles.